The van der Waals surface area contributed by atoms with Crippen LogP contribution in [0.5, 0.6) is 0 Å². The van der Waals surface area contributed by atoms with Gasteiger partial charge in [-0.3, -0.25) is 0 Å². The van der Waals surface area contributed by atoms with Crippen LogP contribution in [-0.2, 0) is 0 Å². The molecule has 1 aromatic rings. The van der Waals surface area contributed by atoms with Gasteiger partial charge >= 0.3 is 0 Å². The number of nitrogens with one attached hydrogen (secondary N) is 1. The Morgan fingerprint density at radius 1 is 1.44 bits per heavy atom. The van der Waals surface area contributed by atoms with Crippen LogP contribution >= 0.6 is 0 Å². The molecule has 0 atom stereocenters. The molecule has 0 bridgehead atoms. The second-order valence-corrected chi connectivity index (χ2v) is 4.81. The van der Waals surface area contributed by atoms with Crippen LogP contribution in [0.15, 0.2) is 12.4 Å². The van der Waals surface area contributed by atoms with Crippen LogP contribution in [-0.4, -0.2) is 30.1 Å². The molecule has 1 aromatic heterocycles. The lowest BCUT2D eigenvalue weighted by atomic mass is 10.1. The van der Waals surface area contributed by atoms with E-state index >= 15 is 0 Å². The molecular weight excluding hydrogens is 226 g/mol. The average molecular weight is 245 g/mol. The molecule has 0 unspecified atom stereocenters. The van der Waals surface area contributed by atoms with Crippen molar-refractivity contribution in [2.45, 2.75) is 25.7 Å². The zero-order chi connectivity index (χ0) is 12.8. The molecule has 1 N–H and O–H groups in total. The lowest BCUT2D eigenvalue weighted by molar-refractivity contribution is 0.579. The molecule has 0 aromatic carbocycles. The highest BCUT2D eigenvalue weighted by Crippen LogP contribution is 2.24. The number of hydrogen-bond donors (Lipinski definition) is 1. The van der Waals surface area contributed by atoms with Gasteiger partial charge < -0.3 is 10.2 Å². The molecule has 5 heteroatoms. The summed E-state index contributed by atoms with van der Waals surface area (Å²) in [4.78, 5) is 10.2. The van der Waals surface area contributed by atoms with Crippen LogP contribution in [0.4, 0.5) is 11.6 Å². The van der Waals surface area contributed by atoms with Gasteiger partial charge in [0.25, 0.3) is 0 Å². The van der Waals surface area contributed by atoms with Crippen molar-refractivity contribution in [3.8, 4) is 6.07 Å². The zero-order valence-corrected chi connectivity index (χ0v) is 10.8. The van der Waals surface area contributed by atoms with Gasteiger partial charge in [-0.05, 0) is 18.8 Å². The third kappa shape index (κ3) is 3.33. The van der Waals surface area contributed by atoms with Crippen LogP contribution in [0.1, 0.15) is 25.7 Å². The topological polar surface area (TPSA) is 64.8 Å². The quantitative estimate of drug-likeness (QED) is 0.804. The number of rotatable bonds is 5. The normalized spacial score (nSPS) is 15.3. The molecule has 0 spiro atoms. The van der Waals surface area contributed by atoms with Crippen molar-refractivity contribution in [1.82, 2.24) is 9.97 Å². The molecule has 1 aliphatic carbocycles. The second-order valence-electron chi connectivity index (χ2n) is 4.81. The molecule has 0 amide bonds. The molecule has 1 aliphatic rings. The maximum Gasteiger partial charge on any atom is 0.134 e. The summed E-state index contributed by atoms with van der Waals surface area (Å²) in [6.45, 7) is 1.32. The number of nitriles is 1. The summed E-state index contributed by atoms with van der Waals surface area (Å²) < 4.78 is 0. The summed E-state index contributed by atoms with van der Waals surface area (Å²) >= 11 is 0. The predicted octanol–water partition coefficient (Wildman–Crippen LogP) is 2.04. The minimum absolute atomic E-state index is 0.332. The summed E-state index contributed by atoms with van der Waals surface area (Å²) in [6.07, 6.45) is 6.89. The lowest BCUT2D eigenvalue weighted by Crippen LogP contribution is -2.19. The summed E-state index contributed by atoms with van der Waals surface area (Å²) in [5.74, 6) is 2.40. The number of hydrogen-bond acceptors (Lipinski definition) is 5. The molecule has 0 saturated heterocycles. The van der Waals surface area contributed by atoms with Gasteiger partial charge in [0.05, 0.1) is 6.07 Å². The highest BCUT2D eigenvalue weighted by molar-refractivity contribution is 5.48. The number of anilines is 2. The molecule has 0 aliphatic heterocycles. The highest BCUT2D eigenvalue weighted by atomic mass is 15.2. The SMILES string of the molecule is CN(CC#N)c1cc(NCC2CCCC2)ncn1. The molecule has 1 saturated carbocycles. The van der Waals surface area contributed by atoms with Crippen molar-refractivity contribution in [2.24, 2.45) is 5.92 Å². The van der Waals surface area contributed by atoms with Gasteiger partial charge in [0.2, 0.25) is 0 Å². The average Bonchev–Trinajstić information content (AvgIpc) is 2.90. The first-order valence-corrected chi connectivity index (χ1v) is 6.43. The Hall–Kier alpha value is -1.83. The molecule has 0 radical (unpaired) electrons. The van der Waals surface area contributed by atoms with Gasteiger partial charge in [-0.15, -0.1) is 0 Å². The number of nitrogens with zero attached hydrogens (tertiary/aromatic N) is 4. The van der Waals surface area contributed by atoms with Crippen molar-refractivity contribution < 1.29 is 0 Å². The first kappa shape index (κ1) is 12.6. The Kier molecular flexibility index (Phi) is 4.35. The molecule has 1 heterocycles. The van der Waals surface area contributed by atoms with Crippen molar-refractivity contribution in [3.05, 3.63) is 12.4 Å². The van der Waals surface area contributed by atoms with Crippen LogP contribution in [0, 0.1) is 17.2 Å². The third-order valence-electron chi connectivity index (χ3n) is 3.40. The minimum Gasteiger partial charge on any atom is -0.370 e. The molecule has 96 valence electrons. The summed E-state index contributed by atoms with van der Waals surface area (Å²) in [6, 6.07) is 4.00. The maximum atomic E-state index is 8.66. The molecule has 5 nitrogen and oxygen atoms in total. The van der Waals surface area contributed by atoms with Crippen LogP contribution in [0.2, 0.25) is 0 Å². The van der Waals surface area contributed by atoms with Gasteiger partial charge in [0, 0.05) is 19.7 Å². The first-order chi connectivity index (χ1) is 8.79. The van der Waals surface area contributed by atoms with Gasteiger partial charge in [-0.2, -0.15) is 5.26 Å². The largest absolute Gasteiger partial charge is 0.370 e. The molecule has 2 rings (SSSR count). The Labute approximate surface area is 108 Å². The molecular formula is C13H19N5. The van der Waals surface area contributed by atoms with Crippen molar-refractivity contribution in [1.29, 1.82) is 5.26 Å². The Morgan fingerprint density at radius 2 is 2.22 bits per heavy atom. The monoisotopic (exact) mass is 245 g/mol. The standard InChI is InChI=1S/C13H19N5/c1-18(7-6-14)13-8-12(16-10-17-13)15-9-11-4-2-3-5-11/h8,10-11H,2-5,7,9H2,1H3,(H,15,16,17). The van der Waals surface area contributed by atoms with E-state index in [4.69, 9.17) is 5.26 Å². The number of aromatic nitrogens is 2. The van der Waals surface area contributed by atoms with E-state index in [0.29, 0.717) is 6.54 Å². The lowest BCUT2D eigenvalue weighted by Gasteiger charge is -2.15. The summed E-state index contributed by atoms with van der Waals surface area (Å²) in [5.41, 5.74) is 0. The van der Waals surface area contributed by atoms with E-state index in [2.05, 4.69) is 21.4 Å². The predicted molar refractivity (Wildman–Crippen MR) is 71.4 cm³/mol. The van der Waals surface area contributed by atoms with Crippen LogP contribution in [0.25, 0.3) is 0 Å². The first-order valence-electron chi connectivity index (χ1n) is 6.43. The van der Waals surface area contributed by atoms with Crippen LogP contribution < -0.4 is 10.2 Å². The summed E-state index contributed by atoms with van der Waals surface area (Å²) in [5, 5.41) is 12.0. The van der Waals surface area contributed by atoms with E-state index in [-0.39, 0.29) is 0 Å². The van der Waals surface area contributed by atoms with Crippen molar-refractivity contribution in [2.75, 3.05) is 30.4 Å². The Bertz CT molecular complexity index is 420. The fourth-order valence-corrected chi connectivity index (χ4v) is 2.30. The van der Waals surface area contributed by atoms with Crippen molar-refractivity contribution in [3.63, 3.8) is 0 Å². The Balaban J connectivity index is 1.92. The smallest absolute Gasteiger partial charge is 0.134 e. The van der Waals surface area contributed by atoms with Crippen LogP contribution in [0.3, 0.4) is 0 Å². The minimum atomic E-state index is 0.332. The highest BCUT2D eigenvalue weighted by Gasteiger charge is 2.14. The van der Waals surface area contributed by atoms with Gasteiger partial charge in [-0.25, -0.2) is 9.97 Å². The molecule has 1 fully saturated rings. The maximum absolute atomic E-state index is 8.66. The third-order valence-corrected chi connectivity index (χ3v) is 3.40. The fourth-order valence-electron chi connectivity index (χ4n) is 2.30. The van der Waals surface area contributed by atoms with Gasteiger partial charge in [-0.1, -0.05) is 12.8 Å². The van der Waals surface area contributed by atoms with Gasteiger partial charge in [0.1, 0.15) is 24.5 Å². The van der Waals surface area contributed by atoms with E-state index in [9.17, 15) is 0 Å². The van der Waals surface area contributed by atoms with Crippen molar-refractivity contribution >= 4 is 11.6 Å². The summed E-state index contributed by atoms with van der Waals surface area (Å²) in [7, 11) is 1.85. The zero-order valence-electron chi connectivity index (χ0n) is 10.8. The van der Waals surface area contributed by atoms with E-state index < -0.39 is 0 Å². The van der Waals surface area contributed by atoms with E-state index in [1.807, 2.05) is 18.0 Å². The van der Waals surface area contributed by atoms with E-state index in [1.54, 1.807) is 6.33 Å². The van der Waals surface area contributed by atoms with Gasteiger partial charge in [0.15, 0.2) is 0 Å². The molecule has 18 heavy (non-hydrogen) atoms. The Morgan fingerprint density at radius 3 is 2.94 bits per heavy atom. The van der Waals surface area contributed by atoms with E-state index in [0.717, 1.165) is 24.1 Å². The second kappa shape index (κ2) is 6.20. The van der Waals surface area contributed by atoms with E-state index in [1.165, 1.54) is 25.7 Å². The fraction of sp³-hybridized carbons (Fsp3) is 0.615.